The highest BCUT2D eigenvalue weighted by Crippen LogP contribution is 2.22. The molecule has 0 N–H and O–H groups in total. The number of amides is 1. The van der Waals surface area contributed by atoms with Gasteiger partial charge in [-0.1, -0.05) is 23.5 Å². The molecule has 0 atom stereocenters. The van der Waals surface area contributed by atoms with Crippen molar-refractivity contribution in [2.75, 3.05) is 12.0 Å². The molecule has 8 heteroatoms. The van der Waals surface area contributed by atoms with Gasteiger partial charge in [0.15, 0.2) is 4.80 Å². The summed E-state index contributed by atoms with van der Waals surface area (Å²) in [5, 5.41) is 10.9. The van der Waals surface area contributed by atoms with Crippen LogP contribution in [0.3, 0.4) is 0 Å². The molecule has 0 aliphatic heterocycles. The Morgan fingerprint density at radius 3 is 2.76 bits per heavy atom. The Morgan fingerprint density at radius 2 is 2.03 bits per heavy atom. The molecule has 3 rings (SSSR count). The summed E-state index contributed by atoms with van der Waals surface area (Å²) in [6.45, 7) is 4.92. The van der Waals surface area contributed by atoms with Gasteiger partial charge in [0.2, 0.25) is 0 Å². The van der Waals surface area contributed by atoms with Gasteiger partial charge in [-0.15, -0.1) is 0 Å². The van der Waals surface area contributed by atoms with Crippen LogP contribution in [0.15, 0.2) is 47.5 Å². The smallest absolute Gasteiger partial charge is 0.272 e. The highest BCUT2D eigenvalue weighted by molar-refractivity contribution is 7.98. The second kappa shape index (κ2) is 9.19. The lowest BCUT2D eigenvalue weighted by molar-refractivity contribution is -0.384. The number of hydrogen-bond donors (Lipinski definition) is 0. The van der Waals surface area contributed by atoms with Crippen molar-refractivity contribution < 1.29 is 9.72 Å². The second-order valence-electron chi connectivity index (χ2n) is 6.57. The van der Waals surface area contributed by atoms with Gasteiger partial charge in [0.25, 0.3) is 11.6 Å². The number of aryl methyl sites for hydroxylation is 3. The van der Waals surface area contributed by atoms with Gasteiger partial charge < -0.3 is 4.57 Å². The largest absolute Gasteiger partial charge is 0.315 e. The van der Waals surface area contributed by atoms with Gasteiger partial charge >= 0.3 is 0 Å². The quantitative estimate of drug-likeness (QED) is 0.324. The molecule has 0 aliphatic rings. The van der Waals surface area contributed by atoms with E-state index in [-0.39, 0.29) is 5.69 Å². The first-order valence-corrected chi connectivity index (χ1v) is 11.2. The Bertz CT molecular complexity index is 1180. The third-order valence-corrected chi connectivity index (χ3v) is 6.15. The van der Waals surface area contributed by atoms with Crippen LogP contribution in [-0.4, -0.2) is 27.4 Å². The molecule has 1 heterocycles. The topological polar surface area (TPSA) is 77.5 Å². The average Bonchev–Trinajstić information content (AvgIpc) is 3.01. The zero-order valence-electron chi connectivity index (χ0n) is 16.4. The van der Waals surface area contributed by atoms with Crippen molar-refractivity contribution in [1.29, 1.82) is 0 Å². The number of fused-ring (bicyclic) bond motifs is 1. The van der Waals surface area contributed by atoms with Gasteiger partial charge in [-0.05, 0) is 55.0 Å². The predicted octanol–water partition coefficient (Wildman–Crippen LogP) is 4.73. The monoisotopic (exact) mass is 427 g/mol. The van der Waals surface area contributed by atoms with Crippen LogP contribution in [0.1, 0.15) is 16.7 Å². The zero-order chi connectivity index (χ0) is 21.0. The van der Waals surface area contributed by atoms with E-state index in [1.807, 2.05) is 6.26 Å². The minimum Gasteiger partial charge on any atom is -0.315 e. The standard InChI is InChI=1S/C21H21N3O3S2/c1-14-11-18-19(12-15(14)2)29-21(23(18)9-10-28-3)22-20(25)8-7-16-5-4-6-17(13-16)24(26)27/h4-8,11-13H,9-10H2,1-3H3/b8-7+,22-21?. The van der Waals surface area contributed by atoms with Crippen molar-refractivity contribution in [1.82, 2.24) is 4.57 Å². The molecule has 0 aliphatic carbocycles. The van der Waals surface area contributed by atoms with Gasteiger partial charge in [-0.3, -0.25) is 14.9 Å². The number of non-ortho nitro benzene ring substituents is 1. The summed E-state index contributed by atoms with van der Waals surface area (Å²) in [6.07, 6.45) is 4.94. The first kappa shape index (κ1) is 21.0. The SMILES string of the molecule is CSCCn1c(=NC(=O)/C=C/c2cccc([N+](=O)[O-])c2)sc2cc(C)c(C)cc21. The van der Waals surface area contributed by atoms with E-state index in [1.54, 1.807) is 30.0 Å². The fourth-order valence-electron chi connectivity index (χ4n) is 2.85. The maximum absolute atomic E-state index is 12.4. The molecule has 3 aromatic rings. The predicted molar refractivity (Wildman–Crippen MR) is 120 cm³/mol. The summed E-state index contributed by atoms with van der Waals surface area (Å²) in [5.41, 5.74) is 4.07. The van der Waals surface area contributed by atoms with E-state index in [0.717, 1.165) is 22.5 Å². The maximum atomic E-state index is 12.4. The number of nitro groups is 1. The summed E-state index contributed by atoms with van der Waals surface area (Å²) >= 11 is 3.24. The number of carbonyl (C=O) groups is 1. The lowest BCUT2D eigenvalue weighted by atomic mass is 10.1. The molecule has 0 bridgehead atoms. The van der Waals surface area contributed by atoms with Crippen molar-refractivity contribution in [3.05, 3.63) is 74.1 Å². The summed E-state index contributed by atoms with van der Waals surface area (Å²) in [6, 6.07) is 10.4. The molecule has 0 fully saturated rings. The molecule has 29 heavy (non-hydrogen) atoms. The Hall–Kier alpha value is -2.71. The Morgan fingerprint density at radius 1 is 1.28 bits per heavy atom. The maximum Gasteiger partial charge on any atom is 0.272 e. The van der Waals surface area contributed by atoms with E-state index in [2.05, 4.69) is 35.5 Å². The second-order valence-corrected chi connectivity index (χ2v) is 8.56. The van der Waals surface area contributed by atoms with Crippen LogP contribution in [0.25, 0.3) is 16.3 Å². The van der Waals surface area contributed by atoms with Crippen LogP contribution in [0.5, 0.6) is 0 Å². The van der Waals surface area contributed by atoms with Gasteiger partial charge in [-0.25, -0.2) is 0 Å². The number of benzene rings is 2. The number of rotatable bonds is 6. The van der Waals surface area contributed by atoms with Crippen LogP contribution in [0.4, 0.5) is 5.69 Å². The molecule has 1 aromatic heterocycles. The molecular weight excluding hydrogens is 406 g/mol. The molecule has 0 radical (unpaired) electrons. The van der Waals surface area contributed by atoms with Gasteiger partial charge in [0, 0.05) is 30.5 Å². The molecule has 0 saturated heterocycles. The van der Waals surface area contributed by atoms with Gasteiger partial charge in [0.1, 0.15) is 0 Å². The van der Waals surface area contributed by atoms with E-state index in [0.29, 0.717) is 10.4 Å². The number of carbonyl (C=O) groups excluding carboxylic acids is 1. The Balaban J connectivity index is 1.97. The van der Waals surface area contributed by atoms with E-state index in [1.165, 1.54) is 40.7 Å². The number of thiazole rings is 1. The van der Waals surface area contributed by atoms with Gasteiger partial charge in [-0.2, -0.15) is 16.8 Å². The number of thioether (sulfide) groups is 1. The van der Waals surface area contributed by atoms with E-state index in [4.69, 9.17) is 0 Å². The minimum absolute atomic E-state index is 0.0123. The Labute approximate surface area is 176 Å². The third-order valence-electron chi connectivity index (χ3n) is 4.52. The molecule has 0 spiro atoms. The summed E-state index contributed by atoms with van der Waals surface area (Å²) in [5.74, 6) is 0.526. The van der Waals surface area contributed by atoms with Crippen LogP contribution in [0.2, 0.25) is 0 Å². The van der Waals surface area contributed by atoms with Crippen LogP contribution in [-0.2, 0) is 11.3 Å². The molecule has 2 aromatic carbocycles. The van der Waals surface area contributed by atoms with Crippen molar-refractivity contribution in [3.63, 3.8) is 0 Å². The van der Waals surface area contributed by atoms with Crippen molar-refractivity contribution in [2.24, 2.45) is 4.99 Å². The summed E-state index contributed by atoms with van der Waals surface area (Å²) in [7, 11) is 0. The lowest BCUT2D eigenvalue weighted by Crippen LogP contribution is -2.17. The van der Waals surface area contributed by atoms with E-state index in [9.17, 15) is 14.9 Å². The van der Waals surface area contributed by atoms with E-state index < -0.39 is 10.8 Å². The Kier molecular flexibility index (Phi) is 6.66. The van der Waals surface area contributed by atoms with Crippen molar-refractivity contribution in [2.45, 2.75) is 20.4 Å². The molecule has 0 saturated carbocycles. The fraction of sp³-hybridized carbons (Fsp3) is 0.238. The average molecular weight is 428 g/mol. The first-order valence-electron chi connectivity index (χ1n) is 9.00. The number of hydrogen-bond acceptors (Lipinski definition) is 5. The number of nitro benzene ring substituents is 1. The van der Waals surface area contributed by atoms with Crippen LogP contribution < -0.4 is 4.80 Å². The first-order chi connectivity index (χ1) is 13.9. The fourth-order valence-corrected chi connectivity index (χ4v) is 4.35. The molecular formula is C21H21N3O3S2. The zero-order valence-corrected chi connectivity index (χ0v) is 18.0. The third kappa shape index (κ3) is 5.02. The van der Waals surface area contributed by atoms with E-state index >= 15 is 0 Å². The number of nitrogens with zero attached hydrogens (tertiary/aromatic N) is 3. The molecule has 1 amide bonds. The normalized spacial score (nSPS) is 12.2. The number of aromatic nitrogens is 1. The highest BCUT2D eigenvalue weighted by atomic mass is 32.2. The molecule has 6 nitrogen and oxygen atoms in total. The highest BCUT2D eigenvalue weighted by Gasteiger charge is 2.09. The van der Waals surface area contributed by atoms with Crippen molar-refractivity contribution in [3.8, 4) is 0 Å². The summed E-state index contributed by atoms with van der Waals surface area (Å²) < 4.78 is 3.19. The molecule has 150 valence electrons. The lowest BCUT2D eigenvalue weighted by Gasteiger charge is -2.05. The van der Waals surface area contributed by atoms with Crippen LogP contribution in [0, 0.1) is 24.0 Å². The minimum atomic E-state index is -0.459. The van der Waals surface area contributed by atoms with Crippen molar-refractivity contribution >= 4 is 51.0 Å². The summed E-state index contributed by atoms with van der Waals surface area (Å²) in [4.78, 5) is 27.8. The van der Waals surface area contributed by atoms with Gasteiger partial charge in [0.05, 0.1) is 15.1 Å². The molecule has 0 unspecified atom stereocenters. The van der Waals surface area contributed by atoms with Crippen LogP contribution >= 0.6 is 23.1 Å².